The highest BCUT2D eigenvalue weighted by atomic mass is 35.5. The van der Waals surface area contributed by atoms with Gasteiger partial charge in [-0.3, -0.25) is 4.79 Å². The summed E-state index contributed by atoms with van der Waals surface area (Å²) in [6.45, 7) is 17.8. The molecule has 4 nitrogen and oxygen atoms in total. The Balaban J connectivity index is 2.79. The summed E-state index contributed by atoms with van der Waals surface area (Å²) >= 11 is 6.25. The first-order valence-corrected chi connectivity index (χ1v) is 12.6. The Hall–Kier alpha value is -1.33. The summed E-state index contributed by atoms with van der Waals surface area (Å²) in [7, 11) is -1.92. The minimum absolute atomic E-state index is 0.117. The first kappa shape index (κ1) is 21.0. The molecule has 2 aromatic heterocycles. The Bertz CT molecular complexity index is 806. The number of ether oxygens (including phenoxy) is 1. The molecule has 0 fully saturated rings. The number of esters is 1. The average Bonchev–Trinajstić information content (AvgIpc) is 2.85. The zero-order valence-electron chi connectivity index (χ0n) is 17.2. The van der Waals surface area contributed by atoms with Crippen LogP contribution in [0.15, 0.2) is 18.5 Å². The third-order valence-corrected chi connectivity index (χ3v) is 11.0. The van der Waals surface area contributed by atoms with Crippen LogP contribution in [0.3, 0.4) is 0 Å². The average molecular weight is 395 g/mol. The highest BCUT2D eigenvalue weighted by Gasteiger charge is 2.40. The number of carbonyl (C=O) groups excluding carboxylic acids is 1. The quantitative estimate of drug-likeness (QED) is 0.472. The molecule has 0 aliphatic heterocycles. The van der Waals surface area contributed by atoms with E-state index in [-0.39, 0.29) is 22.8 Å². The molecule has 0 radical (unpaired) electrons. The second-order valence-electron chi connectivity index (χ2n) is 8.76. The van der Waals surface area contributed by atoms with Gasteiger partial charge in [0.15, 0.2) is 8.24 Å². The molecule has 0 aliphatic rings. The standard InChI is InChI=1S/C20H31ClN2O2Si/c1-9-25-19(24)17(13(2)3)16-12-23(26(7,8)20(4,5)6)18-15(16)10-14(21)11-22-18/h10-13,17H,9H2,1-8H3. The van der Waals surface area contributed by atoms with Crippen molar-refractivity contribution in [2.45, 2.75) is 65.6 Å². The molecule has 0 aliphatic carbocycles. The van der Waals surface area contributed by atoms with Gasteiger partial charge >= 0.3 is 5.97 Å². The SMILES string of the molecule is CCOC(=O)C(c1cn([Si](C)(C)C(C)(C)C)c2ncc(Cl)cc12)C(C)C. The third kappa shape index (κ3) is 3.69. The van der Waals surface area contributed by atoms with Crippen molar-refractivity contribution in [1.29, 1.82) is 0 Å². The second-order valence-corrected chi connectivity index (χ2v) is 14.3. The smallest absolute Gasteiger partial charge is 0.313 e. The number of rotatable bonds is 5. The molecule has 1 atom stereocenters. The fourth-order valence-corrected chi connectivity index (χ4v) is 5.18. The van der Waals surface area contributed by atoms with Crippen LogP contribution < -0.4 is 0 Å². The molecular formula is C20H31ClN2O2Si. The van der Waals surface area contributed by atoms with Crippen molar-refractivity contribution in [1.82, 2.24) is 9.22 Å². The Morgan fingerprint density at radius 2 is 1.96 bits per heavy atom. The van der Waals surface area contributed by atoms with Crippen LogP contribution in [0.4, 0.5) is 0 Å². The van der Waals surface area contributed by atoms with E-state index in [0.29, 0.717) is 11.6 Å². The van der Waals surface area contributed by atoms with Gasteiger partial charge in [-0.2, -0.15) is 0 Å². The molecule has 0 N–H and O–H groups in total. The molecule has 26 heavy (non-hydrogen) atoms. The first-order chi connectivity index (χ1) is 11.9. The van der Waals surface area contributed by atoms with Crippen LogP contribution >= 0.6 is 11.6 Å². The normalized spacial score (nSPS) is 14.1. The van der Waals surface area contributed by atoms with E-state index in [1.54, 1.807) is 6.20 Å². The number of nitrogens with zero attached hydrogens (tertiary/aromatic N) is 2. The van der Waals surface area contributed by atoms with Crippen LogP contribution in [0, 0.1) is 5.92 Å². The summed E-state index contributed by atoms with van der Waals surface area (Å²) in [5.74, 6) is -0.396. The zero-order chi connectivity index (χ0) is 19.9. The molecule has 0 bridgehead atoms. The molecule has 2 aromatic rings. The van der Waals surface area contributed by atoms with E-state index < -0.39 is 8.24 Å². The van der Waals surface area contributed by atoms with Crippen molar-refractivity contribution in [3.05, 3.63) is 29.0 Å². The maximum absolute atomic E-state index is 12.7. The summed E-state index contributed by atoms with van der Waals surface area (Å²) in [6.07, 6.45) is 3.82. The van der Waals surface area contributed by atoms with Crippen molar-refractivity contribution in [2.24, 2.45) is 5.92 Å². The van der Waals surface area contributed by atoms with Crippen LogP contribution in [0.25, 0.3) is 11.0 Å². The maximum Gasteiger partial charge on any atom is 0.313 e. The van der Waals surface area contributed by atoms with Crippen molar-refractivity contribution >= 4 is 36.8 Å². The van der Waals surface area contributed by atoms with E-state index in [4.69, 9.17) is 16.3 Å². The number of halogens is 1. The number of hydrogen-bond acceptors (Lipinski definition) is 3. The molecule has 0 aromatic carbocycles. The lowest BCUT2D eigenvalue weighted by molar-refractivity contribution is -0.146. The molecule has 0 saturated carbocycles. The number of pyridine rings is 1. The van der Waals surface area contributed by atoms with Crippen LogP contribution in [-0.4, -0.2) is 30.0 Å². The molecule has 0 saturated heterocycles. The van der Waals surface area contributed by atoms with Gasteiger partial charge < -0.3 is 8.97 Å². The van der Waals surface area contributed by atoms with Crippen LogP contribution in [-0.2, 0) is 9.53 Å². The predicted molar refractivity (Wildman–Crippen MR) is 112 cm³/mol. The van der Waals surface area contributed by atoms with Crippen LogP contribution in [0.5, 0.6) is 0 Å². The lowest BCUT2D eigenvalue weighted by atomic mass is 9.88. The van der Waals surface area contributed by atoms with Gasteiger partial charge in [0.25, 0.3) is 0 Å². The van der Waals surface area contributed by atoms with Gasteiger partial charge in [-0.15, -0.1) is 0 Å². The molecule has 6 heteroatoms. The van der Waals surface area contributed by atoms with Crippen molar-refractivity contribution in [3.63, 3.8) is 0 Å². The largest absolute Gasteiger partial charge is 0.466 e. The minimum Gasteiger partial charge on any atom is -0.466 e. The van der Waals surface area contributed by atoms with Gasteiger partial charge in [0.05, 0.1) is 17.5 Å². The number of aromatic nitrogens is 2. The molecule has 144 valence electrons. The van der Waals surface area contributed by atoms with Gasteiger partial charge in [0.1, 0.15) is 5.65 Å². The molecule has 0 spiro atoms. The number of fused-ring (bicyclic) bond motifs is 1. The molecule has 2 rings (SSSR count). The van der Waals surface area contributed by atoms with Gasteiger partial charge in [-0.05, 0) is 29.5 Å². The Labute approximate surface area is 163 Å². The van der Waals surface area contributed by atoms with Crippen molar-refractivity contribution in [2.75, 3.05) is 6.61 Å². The fraction of sp³-hybridized carbons (Fsp3) is 0.600. The van der Waals surface area contributed by atoms with Crippen molar-refractivity contribution < 1.29 is 9.53 Å². The van der Waals surface area contributed by atoms with Gasteiger partial charge in [-0.1, -0.05) is 59.3 Å². The van der Waals surface area contributed by atoms with Gasteiger partial charge in [0, 0.05) is 17.8 Å². The summed E-state index contributed by atoms with van der Waals surface area (Å²) in [4.78, 5) is 17.3. The van der Waals surface area contributed by atoms with E-state index in [1.165, 1.54) is 0 Å². The van der Waals surface area contributed by atoms with Gasteiger partial charge in [-0.25, -0.2) is 4.98 Å². The van der Waals surface area contributed by atoms with E-state index >= 15 is 0 Å². The lowest BCUT2D eigenvalue weighted by Crippen LogP contribution is -2.45. The maximum atomic E-state index is 12.7. The second kappa shape index (κ2) is 7.35. The zero-order valence-corrected chi connectivity index (χ0v) is 18.9. The van der Waals surface area contributed by atoms with Crippen molar-refractivity contribution in [3.8, 4) is 0 Å². The molecule has 2 heterocycles. The lowest BCUT2D eigenvalue weighted by Gasteiger charge is -2.38. The van der Waals surface area contributed by atoms with Crippen LogP contribution in [0.2, 0.25) is 23.2 Å². The predicted octanol–water partition coefficient (Wildman–Crippen LogP) is 5.85. The number of carbonyl (C=O) groups is 1. The highest BCUT2D eigenvalue weighted by molar-refractivity contribution is 6.79. The van der Waals surface area contributed by atoms with E-state index in [2.05, 4.69) is 63.1 Å². The molecular weight excluding hydrogens is 364 g/mol. The third-order valence-electron chi connectivity index (χ3n) is 5.62. The minimum atomic E-state index is -1.92. The summed E-state index contributed by atoms with van der Waals surface area (Å²) in [6, 6.07) is 1.93. The molecule has 0 amide bonds. The molecule has 1 unspecified atom stereocenters. The van der Waals surface area contributed by atoms with Crippen LogP contribution in [0.1, 0.15) is 53.0 Å². The van der Waals surface area contributed by atoms with E-state index in [9.17, 15) is 4.79 Å². The fourth-order valence-electron chi connectivity index (χ4n) is 3.13. The number of hydrogen-bond donors (Lipinski definition) is 0. The Morgan fingerprint density at radius 1 is 1.35 bits per heavy atom. The topological polar surface area (TPSA) is 44.1 Å². The Kier molecular flexibility index (Phi) is 5.93. The van der Waals surface area contributed by atoms with E-state index in [0.717, 1.165) is 16.6 Å². The summed E-state index contributed by atoms with van der Waals surface area (Å²) in [5, 5.41) is 1.67. The first-order valence-electron chi connectivity index (χ1n) is 9.25. The van der Waals surface area contributed by atoms with Gasteiger partial charge in [0.2, 0.25) is 0 Å². The summed E-state index contributed by atoms with van der Waals surface area (Å²) in [5.41, 5.74) is 1.87. The van der Waals surface area contributed by atoms with E-state index in [1.807, 2.05) is 13.0 Å². The highest BCUT2D eigenvalue weighted by Crippen LogP contribution is 2.41. The monoisotopic (exact) mass is 394 g/mol. The Morgan fingerprint density at radius 3 is 2.46 bits per heavy atom. The summed E-state index contributed by atoms with van der Waals surface area (Å²) < 4.78 is 7.69.